The van der Waals surface area contributed by atoms with Crippen molar-refractivity contribution in [3.63, 3.8) is 0 Å². The van der Waals surface area contributed by atoms with E-state index in [4.69, 9.17) is 0 Å². The van der Waals surface area contributed by atoms with Crippen LogP contribution in [0.25, 0.3) is 0 Å². The summed E-state index contributed by atoms with van der Waals surface area (Å²) in [4.78, 5) is 31.0. The van der Waals surface area contributed by atoms with Crippen LogP contribution >= 0.6 is 0 Å². The van der Waals surface area contributed by atoms with Gasteiger partial charge in [-0.25, -0.2) is 9.59 Å². The van der Waals surface area contributed by atoms with E-state index in [1.165, 1.54) is 0 Å². The summed E-state index contributed by atoms with van der Waals surface area (Å²) < 4.78 is 0. The molecule has 2 rings (SSSR count). The lowest BCUT2D eigenvalue weighted by atomic mass is 9.79. The van der Waals surface area contributed by atoms with E-state index in [1.54, 1.807) is 0 Å². The minimum absolute atomic E-state index is 0.372. The molecule has 1 saturated carbocycles. The molecule has 2 fully saturated rings. The van der Waals surface area contributed by atoms with Gasteiger partial charge >= 0.3 is 11.9 Å². The molecule has 0 aromatic rings. The second-order valence-corrected chi connectivity index (χ2v) is 3.37. The highest BCUT2D eigenvalue weighted by Gasteiger charge is 2.41. The van der Waals surface area contributed by atoms with Crippen LogP contribution < -0.4 is 0 Å². The van der Waals surface area contributed by atoms with Crippen LogP contribution in [0.3, 0.4) is 0 Å². The second-order valence-electron chi connectivity index (χ2n) is 3.37. The van der Waals surface area contributed by atoms with E-state index >= 15 is 0 Å². The van der Waals surface area contributed by atoms with Crippen molar-refractivity contribution in [3.8, 4) is 0 Å². The van der Waals surface area contributed by atoms with Crippen LogP contribution in [0.1, 0.15) is 25.7 Å². The summed E-state index contributed by atoms with van der Waals surface area (Å²) in [5, 5.41) is 4.01. The van der Waals surface area contributed by atoms with Crippen molar-refractivity contribution >= 4 is 11.9 Å². The van der Waals surface area contributed by atoms with Crippen molar-refractivity contribution in [3.05, 3.63) is 0 Å². The van der Waals surface area contributed by atoms with Gasteiger partial charge in [-0.3, -0.25) is 9.78 Å². The number of carbonyl (C=O) groups is 2. The van der Waals surface area contributed by atoms with Gasteiger partial charge < -0.3 is 0 Å². The lowest BCUT2D eigenvalue weighted by Gasteiger charge is -2.22. The lowest BCUT2D eigenvalue weighted by Crippen LogP contribution is -2.31. The number of carbonyl (C=O) groups excluding carboxylic acids is 2. The Morgan fingerprint density at radius 2 is 1.38 bits per heavy atom. The molecule has 72 valence electrons. The molecule has 0 aromatic carbocycles. The monoisotopic (exact) mass is 186 g/mol. The van der Waals surface area contributed by atoms with Gasteiger partial charge in [0.05, 0.1) is 11.8 Å². The third kappa shape index (κ3) is 1.51. The van der Waals surface area contributed by atoms with Gasteiger partial charge in [0.25, 0.3) is 0 Å². The SMILES string of the molecule is O=C1OOOC(=O)C2CCCCC12. The third-order valence-corrected chi connectivity index (χ3v) is 2.60. The lowest BCUT2D eigenvalue weighted by molar-refractivity contribution is -0.456. The fourth-order valence-electron chi connectivity index (χ4n) is 1.90. The van der Waals surface area contributed by atoms with Crippen LogP contribution in [0, 0.1) is 11.8 Å². The molecule has 0 spiro atoms. The van der Waals surface area contributed by atoms with Crippen molar-refractivity contribution in [1.82, 2.24) is 0 Å². The van der Waals surface area contributed by atoms with Crippen LogP contribution in [0.5, 0.6) is 0 Å². The maximum atomic E-state index is 11.2. The Balaban J connectivity index is 2.18. The molecule has 0 N–H and O–H groups in total. The topological polar surface area (TPSA) is 61.8 Å². The summed E-state index contributed by atoms with van der Waals surface area (Å²) >= 11 is 0. The zero-order chi connectivity index (χ0) is 9.26. The molecule has 1 aliphatic heterocycles. The molecule has 5 nitrogen and oxygen atoms in total. The summed E-state index contributed by atoms with van der Waals surface area (Å²) in [5.74, 6) is -1.72. The first-order chi connectivity index (χ1) is 6.29. The molecule has 0 radical (unpaired) electrons. The molecule has 2 aliphatic rings. The predicted molar refractivity (Wildman–Crippen MR) is 38.7 cm³/mol. The summed E-state index contributed by atoms with van der Waals surface area (Å²) in [5.41, 5.74) is 0. The van der Waals surface area contributed by atoms with E-state index in [9.17, 15) is 9.59 Å². The molecule has 1 aliphatic carbocycles. The normalized spacial score (nSPS) is 34.2. The Morgan fingerprint density at radius 1 is 0.923 bits per heavy atom. The molecular formula is C8H10O5. The minimum Gasteiger partial charge on any atom is -0.259 e. The van der Waals surface area contributed by atoms with Gasteiger partial charge in [-0.15, -0.1) is 0 Å². The van der Waals surface area contributed by atoms with E-state index in [0.717, 1.165) is 12.8 Å². The molecule has 2 unspecified atom stereocenters. The van der Waals surface area contributed by atoms with Gasteiger partial charge in [0.15, 0.2) is 0 Å². The van der Waals surface area contributed by atoms with Crippen LogP contribution in [0.15, 0.2) is 0 Å². The first-order valence-corrected chi connectivity index (χ1v) is 4.38. The molecule has 1 heterocycles. The first-order valence-electron chi connectivity index (χ1n) is 4.38. The molecule has 2 atom stereocenters. The van der Waals surface area contributed by atoms with Crippen molar-refractivity contribution in [2.24, 2.45) is 11.8 Å². The average molecular weight is 186 g/mol. The Labute approximate surface area is 74.8 Å². The Bertz CT molecular complexity index is 213. The number of hydrogen-bond acceptors (Lipinski definition) is 5. The summed E-state index contributed by atoms with van der Waals surface area (Å²) in [7, 11) is 0. The molecule has 13 heavy (non-hydrogen) atoms. The fourth-order valence-corrected chi connectivity index (χ4v) is 1.90. The highest BCUT2D eigenvalue weighted by molar-refractivity contribution is 5.82. The van der Waals surface area contributed by atoms with Crippen molar-refractivity contribution < 1.29 is 24.4 Å². The molecule has 0 bridgehead atoms. The predicted octanol–water partition coefficient (Wildman–Crippen LogP) is 0.739. The van der Waals surface area contributed by atoms with Crippen LogP contribution in [-0.2, 0) is 24.4 Å². The standard InChI is InChI=1S/C8H10O5/c9-7-5-3-1-2-4-6(5)8(10)12-13-11-7/h5-6H,1-4H2. The Kier molecular flexibility index (Phi) is 2.18. The third-order valence-electron chi connectivity index (χ3n) is 2.60. The Morgan fingerprint density at radius 3 is 1.85 bits per heavy atom. The maximum Gasteiger partial charge on any atom is 0.350 e. The molecule has 5 heteroatoms. The Hall–Kier alpha value is -1.10. The van der Waals surface area contributed by atoms with E-state index < -0.39 is 11.9 Å². The smallest absolute Gasteiger partial charge is 0.259 e. The van der Waals surface area contributed by atoms with Gasteiger partial charge in [-0.05, 0) is 12.8 Å². The average Bonchev–Trinajstić information content (AvgIpc) is 2.29. The minimum atomic E-state index is -0.490. The van der Waals surface area contributed by atoms with E-state index in [0.29, 0.717) is 12.8 Å². The summed E-state index contributed by atoms with van der Waals surface area (Å²) in [6.07, 6.45) is 3.26. The molecule has 0 amide bonds. The number of hydrogen-bond donors (Lipinski definition) is 0. The largest absolute Gasteiger partial charge is 0.350 e. The van der Waals surface area contributed by atoms with Gasteiger partial charge in [0.1, 0.15) is 0 Å². The maximum absolute atomic E-state index is 11.2. The van der Waals surface area contributed by atoms with E-state index in [1.807, 2.05) is 0 Å². The quantitative estimate of drug-likeness (QED) is 0.522. The van der Waals surface area contributed by atoms with Crippen LogP contribution in [0.2, 0.25) is 0 Å². The highest BCUT2D eigenvalue weighted by atomic mass is 17.5. The van der Waals surface area contributed by atoms with Crippen molar-refractivity contribution in [1.29, 1.82) is 0 Å². The number of fused-ring (bicyclic) bond motifs is 1. The first kappa shape index (κ1) is 8.50. The zero-order valence-corrected chi connectivity index (χ0v) is 7.02. The van der Waals surface area contributed by atoms with Gasteiger partial charge in [-0.1, -0.05) is 12.8 Å². The van der Waals surface area contributed by atoms with E-state index in [2.05, 4.69) is 14.8 Å². The second kappa shape index (κ2) is 3.33. The summed E-state index contributed by atoms with van der Waals surface area (Å²) in [6, 6.07) is 0. The van der Waals surface area contributed by atoms with Crippen molar-refractivity contribution in [2.75, 3.05) is 0 Å². The van der Waals surface area contributed by atoms with Crippen molar-refractivity contribution in [2.45, 2.75) is 25.7 Å². The highest BCUT2D eigenvalue weighted by Crippen LogP contribution is 2.33. The molecule has 0 aromatic heterocycles. The van der Waals surface area contributed by atoms with Gasteiger partial charge in [-0.2, -0.15) is 0 Å². The fraction of sp³-hybridized carbons (Fsp3) is 0.750. The number of rotatable bonds is 0. The van der Waals surface area contributed by atoms with Crippen LogP contribution in [-0.4, -0.2) is 11.9 Å². The summed E-state index contributed by atoms with van der Waals surface area (Å²) in [6.45, 7) is 0. The molecular weight excluding hydrogens is 176 g/mol. The molecule has 1 saturated heterocycles. The van der Waals surface area contributed by atoms with Gasteiger partial charge in [0.2, 0.25) is 0 Å². The van der Waals surface area contributed by atoms with Gasteiger partial charge in [0, 0.05) is 5.04 Å². The van der Waals surface area contributed by atoms with Crippen LogP contribution in [0.4, 0.5) is 0 Å². The zero-order valence-electron chi connectivity index (χ0n) is 7.02. The van der Waals surface area contributed by atoms with E-state index in [-0.39, 0.29) is 11.8 Å².